The minimum atomic E-state index is -0.255. The Morgan fingerprint density at radius 3 is 3.05 bits per heavy atom. The molecule has 0 radical (unpaired) electrons. The Hall–Kier alpha value is -0.810. The van der Waals surface area contributed by atoms with Crippen molar-refractivity contribution in [1.82, 2.24) is 10.3 Å². The molecule has 1 N–H and O–H groups in total. The summed E-state index contributed by atoms with van der Waals surface area (Å²) in [4.78, 5) is 6.62. The molecule has 1 aliphatic heterocycles. The van der Waals surface area contributed by atoms with Crippen LogP contribution in [0.4, 0.5) is 10.2 Å². The van der Waals surface area contributed by atoms with Gasteiger partial charge in [-0.15, -0.1) is 0 Å². The molecule has 1 aromatic heterocycles. The fourth-order valence-electron chi connectivity index (χ4n) is 2.40. The van der Waals surface area contributed by atoms with E-state index in [1.54, 1.807) is 6.07 Å². The highest BCUT2D eigenvalue weighted by Crippen LogP contribution is 2.25. The SMILES string of the molecule is CC(C)CNCc1cc(F)cnc1N1CCSC(C)C1. The molecule has 1 aromatic rings. The Labute approximate surface area is 125 Å². The fourth-order valence-corrected chi connectivity index (χ4v) is 3.41. The average Bonchev–Trinajstić information content (AvgIpc) is 2.38. The third kappa shape index (κ3) is 4.35. The molecule has 0 aromatic carbocycles. The van der Waals surface area contributed by atoms with Gasteiger partial charge < -0.3 is 10.2 Å². The summed E-state index contributed by atoms with van der Waals surface area (Å²) in [5, 5.41) is 3.98. The normalized spacial score (nSPS) is 19.6. The first kappa shape index (κ1) is 15.6. The van der Waals surface area contributed by atoms with Gasteiger partial charge in [0.1, 0.15) is 11.6 Å². The molecule has 0 saturated carbocycles. The molecule has 112 valence electrons. The van der Waals surface area contributed by atoms with Crippen molar-refractivity contribution in [2.45, 2.75) is 32.6 Å². The molecule has 2 rings (SSSR count). The molecule has 1 fully saturated rings. The van der Waals surface area contributed by atoms with Crippen molar-refractivity contribution in [2.75, 3.05) is 30.3 Å². The van der Waals surface area contributed by atoms with Gasteiger partial charge in [-0.3, -0.25) is 0 Å². The summed E-state index contributed by atoms with van der Waals surface area (Å²) in [6.45, 7) is 10.2. The van der Waals surface area contributed by atoms with Gasteiger partial charge in [0.05, 0.1) is 6.20 Å². The maximum Gasteiger partial charge on any atom is 0.141 e. The summed E-state index contributed by atoms with van der Waals surface area (Å²) < 4.78 is 13.5. The average molecular weight is 297 g/mol. The number of pyridine rings is 1. The second-order valence-electron chi connectivity index (χ2n) is 5.79. The minimum absolute atomic E-state index is 0.255. The first-order valence-electron chi connectivity index (χ1n) is 7.28. The lowest BCUT2D eigenvalue weighted by molar-refractivity contribution is 0.548. The lowest BCUT2D eigenvalue weighted by Gasteiger charge is -2.32. The van der Waals surface area contributed by atoms with Gasteiger partial charge in [-0.25, -0.2) is 9.37 Å². The van der Waals surface area contributed by atoms with Gasteiger partial charge in [-0.2, -0.15) is 11.8 Å². The van der Waals surface area contributed by atoms with Crippen molar-refractivity contribution < 1.29 is 4.39 Å². The van der Waals surface area contributed by atoms with Crippen LogP contribution in [0.3, 0.4) is 0 Å². The molecule has 0 aliphatic carbocycles. The Kier molecular flexibility index (Phi) is 5.66. The van der Waals surface area contributed by atoms with Crippen LogP contribution in [0, 0.1) is 11.7 Å². The van der Waals surface area contributed by atoms with E-state index in [0.29, 0.717) is 17.7 Å². The number of hydrogen-bond donors (Lipinski definition) is 1. The van der Waals surface area contributed by atoms with Crippen LogP contribution >= 0.6 is 11.8 Å². The molecular weight excluding hydrogens is 273 g/mol. The molecule has 0 amide bonds. The Morgan fingerprint density at radius 1 is 1.55 bits per heavy atom. The molecule has 2 heterocycles. The van der Waals surface area contributed by atoms with Gasteiger partial charge in [-0.05, 0) is 18.5 Å². The van der Waals surface area contributed by atoms with Crippen molar-refractivity contribution >= 4 is 17.6 Å². The summed E-state index contributed by atoms with van der Waals surface area (Å²) in [6.07, 6.45) is 1.33. The lowest BCUT2D eigenvalue weighted by Crippen LogP contribution is -2.38. The Balaban J connectivity index is 2.10. The van der Waals surface area contributed by atoms with E-state index < -0.39 is 0 Å². The fraction of sp³-hybridized carbons (Fsp3) is 0.667. The van der Waals surface area contributed by atoms with Crippen LogP contribution in [0.1, 0.15) is 26.3 Å². The van der Waals surface area contributed by atoms with Gasteiger partial charge >= 0.3 is 0 Å². The number of nitrogens with zero attached hydrogens (tertiary/aromatic N) is 2. The van der Waals surface area contributed by atoms with Crippen molar-refractivity contribution in [3.05, 3.63) is 23.6 Å². The van der Waals surface area contributed by atoms with Crippen LogP contribution in [-0.2, 0) is 6.54 Å². The van der Waals surface area contributed by atoms with Gasteiger partial charge in [0.2, 0.25) is 0 Å². The highest BCUT2D eigenvalue weighted by molar-refractivity contribution is 8.00. The van der Waals surface area contributed by atoms with E-state index in [9.17, 15) is 4.39 Å². The van der Waals surface area contributed by atoms with Gasteiger partial charge in [0, 0.05) is 36.2 Å². The standard InChI is InChI=1S/C15H24FN3S/c1-11(2)7-17-8-13-6-14(16)9-18-15(13)19-4-5-20-12(3)10-19/h6,9,11-12,17H,4-5,7-8,10H2,1-3H3. The molecule has 3 nitrogen and oxygen atoms in total. The van der Waals surface area contributed by atoms with Gasteiger partial charge in [0.25, 0.3) is 0 Å². The van der Waals surface area contributed by atoms with Gasteiger partial charge in [-0.1, -0.05) is 20.8 Å². The number of nitrogens with one attached hydrogen (secondary N) is 1. The predicted molar refractivity (Wildman–Crippen MR) is 84.9 cm³/mol. The Bertz CT molecular complexity index is 439. The van der Waals surface area contributed by atoms with Gasteiger partial charge in [0.15, 0.2) is 0 Å². The van der Waals surface area contributed by atoms with Crippen molar-refractivity contribution in [1.29, 1.82) is 0 Å². The van der Waals surface area contributed by atoms with Crippen LogP contribution in [0.25, 0.3) is 0 Å². The summed E-state index contributed by atoms with van der Waals surface area (Å²) in [7, 11) is 0. The number of hydrogen-bond acceptors (Lipinski definition) is 4. The second kappa shape index (κ2) is 7.27. The minimum Gasteiger partial charge on any atom is -0.354 e. The number of rotatable bonds is 5. The third-order valence-corrected chi connectivity index (χ3v) is 4.45. The zero-order chi connectivity index (χ0) is 14.5. The lowest BCUT2D eigenvalue weighted by atomic mass is 10.2. The van der Waals surface area contributed by atoms with Crippen molar-refractivity contribution in [2.24, 2.45) is 5.92 Å². The molecule has 1 atom stereocenters. The molecule has 20 heavy (non-hydrogen) atoms. The first-order chi connectivity index (χ1) is 9.56. The largest absolute Gasteiger partial charge is 0.354 e. The monoisotopic (exact) mass is 297 g/mol. The van der Waals surface area contributed by atoms with E-state index in [4.69, 9.17) is 0 Å². The first-order valence-corrected chi connectivity index (χ1v) is 8.33. The molecule has 5 heteroatoms. The van der Waals surface area contributed by atoms with E-state index in [2.05, 4.69) is 36.0 Å². The van der Waals surface area contributed by atoms with E-state index in [0.717, 1.165) is 36.8 Å². The third-order valence-electron chi connectivity index (χ3n) is 3.32. The van der Waals surface area contributed by atoms with Crippen LogP contribution in [0.15, 0.2) is 12.3 Å². The molecule has 1 saturated heterocycles. The topological polar surface area (TPSA) is 28.2 Å². The summed E-state index contributed by atoms with van der Waals surface area (Å²) >= 11 is 1.99. The molecule has 0 bridgehead atoms. The zero-order valence-electron chi connectivity index (χ0n) is 12.5. The van der Waals surface area contributed by atoms with Crippen LogP contribution < -0.4 is 10.2 Å². The van der Waals surface area contributed by atoms with Crippen LogP contribution in [-0.4, -0.2) is 35.6 Å². The quantitative estimate of drug-likeness (QED) is 0.904. The zero-order valence-corrected chi connectivity index (χ0v) is 13.3. The second-order valence-corrected chi connectivity index (χ2v) is 7.33. The number of thioether (sulfide) groups is 1. The van der Waals surface area contributed by atoms with Crippen molar-refractivity contribution in [3.8, 4) is 0 Å². The van der Waals surface area contributed by atoms with Crippen molar-refractivity contribution in [3.63, 3.8) is 0 Å². The highest BCUT2D eigenvalue weighted by Gasteiger charge is 2.20. The smallest absolute Gasteiger partial charge is 0.141 e. The maximum atomic E-state index is 13.5. The summed E-state index contributed by atoms with van der Waals surface area (Å²) in [5.41, 5.74) is 0.963. The van der Waals surface area contributed by atoms with E-state index >= 15 is 0 Å². The molecule has 1 aliphatic rings. The molecule has 1 unspecified atom stereocenters. The highest BCUT2D eigenvalue weighted by atomic mass is 32.2. The van der Waals surface area contributed by atoms with Crippen LogP contribution in [0.5, 0.6) is 0 Å². The Morgan fingerprint density at radius 2 is 2.35 bits per heavy atom. The number of anilines is 1. The molecular formula is C15H24FN3S. The summed E-state index contributed by atoms with van der Waals surface area (Å²) in [5.74, 6) is 2.38. The number of aromatic nitrogens is 1. The maximum absolute atomic E-state index is 13.5. The van der Waals surface area contributed by atoms with Crippen LogP contribution in [0.2, 0.25) is 0 Å². The predicted octanol–water partition coefficient (Wildman–Crippen LogP) is 2.91. The van der Waals surface area contributed by atoms with E-state index in [1.165, 1.54) is 6.20 Å². The van der Waals surface area contributed by atoms with E-state index in [-0.39, 0.29) is 5.82 Å². The summed E-state index contributed by atoms with van der Waals surface area (Å²) in [6, 6.07) is 1.61. The number of halogens is 1. The molecule has 0 spiro atoms. The van der Waals surface area contributed by atoms with E-state index in [1.807, 2.05) is 11.8 Å².